The van der Waals surface area contributed by atoms with Crippen molar-refractivity contribution >= 4 is 11.8 Å². The van der Waals surface area contributed by atoms with Gasteiger partial charge in [0.2, 0.25) is 12.7 Å². The van der Waals surface area contributed by atoms with Gasteiger partial charge in [-0.05, 0) is 37.0 Å². The standard InChI is InChI=1S/C16H15F3N4O2/c17-16(18,19)12-13(9-3-4-10-11(5-9)25-7-24-10)22-15(23-14(12)20)21-6-8-1-2-8/h3-5,8H,1-2,6-7H2,(H3,20,21,22,23). The number of rotatable bonds is 4. The largest absolute Gasteiger partial charge is 0.454 e. The van der Waals surface area contributed by atoms with Crippen molar-refractivity contribution in [3.05, 3.63) is 23.8 Å². The first-order valence-corrected chi connectivity index (χ1v) is 7.80. The molecule has 2 heterocycles. The molecule has 25 heavy (non-hydrogen) atoms. The first-order chi connectivity index (χ1) is 11.9. The monoisotopic (exact) mass is 352 g/mol. The van der Waals surface area contributed by atoms with Gasteiger partial charge in [0.05, 0.1) is 5.69 Å². The number of fused-ring (bicyclic) bond motifs is 1. The molecule has 6 nitrogen and oxygen atoms in total. The van der Waals surface area contributed by atoms with E-state index in [4.69, 9.17) is 15.2 Å². The summed E-state index contributed by atoms with van der Waals surface area (Å²) < 4.78 is 50.9. The zero-order valence-corrected chi connectivity index (χ0v) is 13.1. The van der Waals surface area contributed by atoms with Crippen molar-refractivity contribution in [3.8, 4) is 22.8 Å². The second-order valence-electron chi connectivity index (χ2n) is 6.05. The number of halogens is 3. The number of anilines is 2. The van der Waals surface area contributed by atoms with Crippen LogP contribution in [0.5, 0.6) is 11.5 Å². The third kappa shape index (κ3) is 3.13. The van der Waals surface area contributed by atoms with Crippen molar-refractivity contribution in [2.24, 2.45) is 5.92 Å². The first kappa shape index (κ1) is 15.8. The lowest BCUT2D eigenvalue weighted by molar-refractivity contribution is -0.136. The van der Waals surface area contributed by atoms with Crippen molar-refractivity contribution in [3.63, 3.8) is 0 Å². The molecule has 9 heteroatoms. The van der Waals surface area contributed by atoms with E-state index in [-0.39, 0.29) is 24.0 Å². The van der Waals surface area contributed by atoms with Crippen LogP contribution >= 0.6 is 0 Å². The molecule has 0 saturated heterocycles. The van der Waals surface area contributed by atoms with Gasteiger partial charge in [-0.3, -0.25) is 0 Å². The minimum Gasteiger partial charge on any atom is -0.454 e. The SMILES string of the molecule is Nc1nc(NCC2CC2)nc(-c2ccc3c(c2)OCO3)c1C(F)(F)F. The average molecular weight is 352 g/mol. The first-order valence-electron chi connectivity index (χ1n) is 7.80. The van der Waals surface area contributed by atoms with Crippen LogP contribution in [0.25, 0.3) is 11.3 Å². The maximum absolute atomic E-state index is 13.5. The van der Waals surface area contributed by atoms with Crippen LogP contribution in [0.4, 0.5) is 24.9 Å². The smallest absolute Gasteiger partial charge is 0.422 e. The summed E-state index contributed by atoms with van der Waals surface area (Å²) in [5, 5.41) is 2.96. The molecular formula is C16H15F3N4O2. The molecule has 0 bridgehead atoms. The summed E-state index contributed by atoms with van der Waals surface area (Å²) in [6.07, 6.45) is -2.49. The fraction of sp³-hybridized carbons (Fsp3) is 0.375. The highest BCUT2D eigenvalue weighted by molar-refractivity contribution is 5.72. The highest BCUT2D eigenvalue weighted by Crippen LogP contribution is 2.42. The van der Waals surface area contributed by atoms with Crippen LogP contribution in [-0.2, 0) is 6.18 Å². The fourth-order valence-electron chi connectivity index (χ4n) is 2.65. The number of aromatic nitrogens is 2. The molecule has 3 N–H and O–H groups in total. The quantitative estimate of drug-likeness (QED) is 0.879. The van der Waals surface area contributed by atoms with Crippen molar-refractivity contribution in [2.75, 3.05) is 24.4 Å². The highest BCUT2D eigenvalue weighted by atomic mass is 19.4. The number of hydrogen-bond acceptors (Lipinski definition) is 6. The third-order valence-electron chi connectivity index (χ3n) is 4.11. The summed E-state index contributed by atoms with van der Waals surface area (Å²) in [6.45, 7) is 0.649. The van der Waals surface area contributed by atoms with E-state index in [0.29, 0.717) is 24.0 Å². The van der Waals surface area contributed by atoms with Gasteiger partial charge in [0.25, 0.3) is 0 Å². The van der Waals surface area contributed by atoms with Crippen LogP contribution in [-0.4, -0.2) is 23.3 Å². The average Bonchev–Trinajstić information content (AvgIpc) is 3.26. The molecule has 4 rings (SSSR count). The van der Waals surface area contributed by atoms with E-state index in [1.807, 2.05) is 0 Å². The highest BCUT2D eigenvalue weighted by Gasteiger charge is 2.39. The Hall–Kier alpha value is -2.71. The zero-order valence-electron chi connectivity index (χ0n) is 13.1. The second-order valence-corrected chi connectivity index (χ2v) is 6.05. The van der Waals surface area contributed by atoms with Gasteiger partial charge in [0, 0.05) is 12.1 Å². The number of ether oxygens (including phenoxy) is 2. The Labute approximate surface area is 141 Å². The van der Waals surface area contributed by atoms with Crippen LogP contribution in [0.1, 0.15) is 18.4 Å². The second kappa shape index (κ2) is 5.68. The van der Waals surface area contributed by atoms with Gasteiger partial charge in [-0.25, -0.2) is 4.98 Å². The maximum atomic E-state index is 13.5. The lowest BCUT2D eigenvalue weighted by Gasteiger charge is -2.16. The maximum Gasteiger partial charge on any atom is 0.422 e. The molecule has 1 aromatic heterocycles. The van der Waals surface area contributed by atoms with Gasteiger partial charge >= 0.3 is 6.18 Å². The molecule has 0 spiro atoms. The molecule has 2 aliphatic rings. The van der Waals surface area contributed by atoms with E-state index in [1.54, 1.807) is 6.07 Å². The Kier molecular flexibility index (Phi) is 3.59. The van der Waals surface area contributed by atoms with Crippen molar-refractivity contribution < 1.29 is 22.6 Å². The molecule has 1 aromatic carbocycles. The number of alkyl halides is 3. The molecule has 1 aliphatic carbocycles. The summed E-state index contributed by atoms with van der Waals surface area (Å²) in [5.41, 5.74) is 4.52. The fourth-order valence-corrected chi connectivity index (χ4v) is 2.65. The van der Waals surface area contributed by atoms with E-state index in [9.17, 15) is 13.2 Å². The van der Waals surface area contributed by atoms with Crippen molar-refractivity contribution in [2.45, 2.75) is 19.0 Å². The van der Waals surface area contributed by atoms with E-state index >= 15 is 0 Å². The predicted octanol–water partition coefficient (Wildman–Crippen LogP) is 3.30. The van der Waals surface area contributed by atoms with Crippen LogP contribution in [0.3, 0.4) is 0 Å². The van der Waals surface area contributed by atoms with Crippen LogP contribution in [0.15, 0.2) is 18.2 Å². The van der Waals surface area contributed by atoms with Gasteiger partial charge in [-0.1, -0.05) is 0 Å². The Morgan fingerprint density at radius 1 is 1.16 bits per heavy atom. The molecule has 0 amide bonds. The normalized spacial score (nSPS) is 16.1. The molecule has 1 saturated carbocycles. The molecule has 0 atom stereocenters. The van der Waals surface area contributed by atoms with Crippen LogP contribution < -0.4 is 20.5 Å². The van der Waals surface area contributed by atoms with E-state index in [2.05, 4.69) is 15.3 Å². The van der Waals surface area contributed by atoms with Crippen molar-refractivity contribution in [1.29, 1.82) is 0 Å². The summed E-state index contributed by atoms with van der Waals surface area (Å²) in [7, 11) is 0. The molecule has 132 valence electrons. The molecule has 1 fully saturated rings. The van der Waals surface area contributed by atoms with E-state index < -0.39 is 17.6 Å². The zero-order chi connectivity index (χ0) is 17.6. The van der Waals surface area contributed by atoms with Gasteiger partial charge in [0.1, 0.15) is 11.4 Å². The molecule has 2 aromatic rings. The topological polar surface area (TPSA) is 82.3 Å². The lowest BCUT2D eigenvalue weighted by Crippen LogP contribution is -2.16. The number of nitrogen functional groups attached to an aromatic ring is 1. The van der Waals surface area contributed by atoms with E-state index in [0.717, 1.165) is 12.8 Å². The molecule has 1 aliphatic heterocycles. The number of nitrogens with zero attached hydrogens (tertiary/aromatic N) is 2. The predicted molar refractivity (Wildman–Crippen MR) is 84.2 cm³/mol. The summed E-state index contributed by atoms with van der Waals surface area (Å²) in [6, 6.07) is 4.51. The molecule has 0 unspecified atom stereocenters. The number of nitrogens with two attached hydrogens (primary N) is 1. The Balaban J connectivity index is 1.79. The summed E-state index contributed by atoms with van der Waals surface area (Å²) in [4.78, 5) is 7.85. The van der Waals surface area contributed by atoms with Gasteiger partial charge in [0.15, 0.2) is 11.5 Å². The molecule has 0 radical (unpaired) electrons. The summed E-state index contributed by atoms with van der Waals surface area (Å²) in [5.74, 6) is 0.848. The van der Waals surface area contributed by atoms with Gasteiger partial charge < -0.3 is 20.5 Å². The lowest BCUT2D eigenvalue weighted by atomic mass is 10.1. The van der Waals surface area contributed by atoms with Crippen LogP contribution in [0.2, 0.25) is 0 Å². The minimum absolute atomic E-state index is 0.0328. The van der Waals surface area contributed by atoms with Crippen molar-refractivity contribution in [1.82, 2.24) is 9.97 Å². The van der Waals surface area contributed by atoms with Gasteiger partial charge in [-0.15, -0.1) is 0 Å². The Morgan fingerprint density at radius 3 is 2.64 bits per heavy atom. The Bertz CT molecular complexity index is 822. The van der Waals surface area contributed by atoms with Crippen LogP contribution in [0, 0.1) is 5.92 Å². The Morgan fingerprint density at radius 2 is 1.92 bits per heavy atom. The summed E-state index contributed by atoms with van der Waals surface area (Å²) >= 11 is 0. The number of hydrogen-bond donors (Lipinski definition) is 2. The third-order valence-corrected chi connectivity index (χ3v) is 4.11. The van der Waals surface area contributed by atoms with E-state index in [1.165, 1.54) is 12.1 Å². The number of nitrogens with one attached hydrogen (secondary N) is 1. The van der Waals surface area contributed by atoms with Gasteiger partial charge in [-0.2, -0.15) is 18.2 Å². The number of benzene rings is 1. The minimum atomic E-state index is -4.68. The molecular weight excluding hydrogens is 337 g/mol.